The first kappa shape index (κ1) is 7.11. The number of pyridine rings is 1. The predicted octanol–water partition coefficient (Wildman–Crippen LogP) is 0.909. The van der Waals surface area contributed by atoms with Crippen molar-refractivity contribution in [2.75, 3.05) is 0 Å². The summed E-state index contributed by atoms with van der Waals surface area (Å²) in [4.78, 5) is 3.88. The van der Waals surface area contributed by atoms with E-state index in [1.165, 1.54) is 5.56 Å². The Balaban J connectivity index is 0.000000490. The fourth-order valence-corrected chi connectivity index (χ4v) is 0.448. The van der Waals surface area contributed by atoms with Crippen LogP contribution in [0.3, 0.4) is 0 Å². The molecule has 41 valence electrons. The topological polar surface area (TPSA) is 43.4 Å². The lowest BCUT2D eigenvalue weighted by molar-refractivity contribution is 1.27. The van der Waals surface area contributed by atoms with Gasteiger partial charge >= 0.3 is 0 Å². The van der Waals surface area contributed by atoms with Crippen LogP contribution < -0.4 is 6.15 Å². The Kier molecular flexibility index (Phi) is 2.80. The molecule has 0 saturated carbocycles. The van der Waals surface area contributed by atoms with E-state index in [9.17, 15) is 0 Å². The molecule has 0 aliphatic rings. The van der Waals surface area contributed by atoms with Gasteiger partial charge in [-0.15, -0.1) is 0 Å². The zero-order valence-electron chi connectivity index (χ0n) is 4.70. The van der Waals surface area contributed by atoms with E-state index in [1.54, 1.807) is 6.20 Å². The first-order chi connectivity index (χ1) is 3.39. The third-order valence-corrected chi connectivity index (χ3v) is 0.809. The minimum absolute atomic E-state index is 0. The van der Waals surface area contributed by atoms with E-state index in [1.807, 2.05) is 25.3 Å². The number of nitrogens with zero attached hydrogens (tertiary/aromatic N) is 2. The minimum atomic E-state index is 0. The summed E-state index contributed by atoms with van der Waals surface area (Å²) in [6, 6.07) is 3.95. The zero-order chi connectivity index (χ0) is 5.11. The summed E-state index contributed by atoms with van der Waals surface area (Å²) in [6.45, 7) is 2.02. The molecular formula is C6H7N2. The van der Waals surface area contributed by atoms with E-state index >= 15 is 0 Å². The average molecular weight is 107 g/mol. The molecule has 0 atom stereocenters. The monoisotopic (exact) mass is 107 g/mol. The molecule has 0 saturated heterocycles. The highest BCUT2D eigenvalue weighted by molar-refractivity contribution is 5.04. The van der Waals surface area contributed by atoms with E-state index in [2.05, 4.69) is 4.98 Å². The number of aromatic nitrogens is 1. The summed E-state index contributed by atoms with van der Waals surface area (Å²) in [5.41, 5.74) is 1.21. The van der Waals surface area contributed by atoms with Crippen LogP contribution >= 0.6 is 0 Å². The molecule has 0 fully saturated rings. The largest absolute Gasteiger partial charge is 0.264 e. The van der Waals surface area contributed by atoms with Crippen molar-refractivity contribution in [2.24, 2.45) is 0 Å². The fourth-order valence-electron chi connectivity index (χ4n) is 0.448. The van der Waals surface area contributed by atoms with E-state index in [-0.39, 0.29) is 6.15 Å². The first-order valence-corrected chi connectivity index (χ1v) is 2.26. The standard InChI is InChI=1S/C6H7N.N/c1-6-3-2-4-7-5-6;/h2-5H,1H3;. The van der Waals surface area contributed by atoms with Crippen molar-refractivity contribution in [1.82, 2.24) is 11.1 Å². The van der Waals surface area contributed by atoms with Gasteiger partial charge in [-0.05, 0) is 18.6 Å². The molecule has 0 aliphatic heterocycles. The smallest absolute Gasteiger partial charge is 0.0297 e. The molecule has 2 heteroatoms. The molecule has 3 radical (unpaired) electrons. The summed E-state index contributed by atoms with van der Waals surface area (Å²) in [7, 11) is 0. The highest BCUT2D eigenvalue weighted by atomic mass is 14.6. The second-order valence-electron chi connectivity index (χ2n) is 1.53. The number of hydrogen-bond donors (Lipinski definition) is 0. The van der Waals surface area contributed by atoms with Gasteiger partial charge in [-0.3, -0.25) is 4.98 Å². The van der Waals surface area contributed by atoms with Gasteiger partial charge in [0.25, 0.3) is 0 Å². The molecule has 0 N–H and O–H groups in total. The van der Waals surface area contributed by atoms with Crippen molar-refractivity contribution in [3.8, 4) is 0 Å². The number of hydrogen-bond acceptors (Lipinski definition) is 1. The molecule has 1 rings (SSSR count). The van der Waals surface area contributed by atoms with Crippen LogP contribution in [-0.4, -0.2) is 4.98 Å². The molecule has 0 spiro atoms. The van der Waals surface area contributed by atoms with E-state index in [0.717, 1.165) is 0 Å². The second-order valence-corrected chi connectivity index (χ2v) is 1.53. The van der Waals surface area contributed by atoms with Crippen molar-refractivity contribution < 1.29 is 0 Å². The van der Waals surface area contributed by atoms with Gasteiger partial charge in [-0.25, -0.2) is 0 Å². The minimum Gasteiger partial charge on any atom is -0.264 e. The maximum Gasteiger partial charge on any atom is 0.0297 e. The van der Waals surface area contributed by atoms with Crippen LogP contribution in [0.15, 0.2) is 24.5 Å². The van der Waals surface area contributed by atoms with Crippen molar-refractivity contribution in [2.45, 2.75) is 6.92 Å². The van der Waals surface area contributed by atoms with Gasteiger partial charge in [0, 0.05) is 18.5 Å². The van der Waals surface area contributed by atoms with Crippen LogP contribution in [0, 0.1) is 6.92 Å². The first-order valence-electron chi connectivity index (χ1n) is 2.26. The van der Waals surface area contributed by atoms with Crippen molar-refractivity contribution >= 4 is 0 Å². The summed E-state index contributed by atoms with van der Waals surface area (Å²) in [5, 5.41) is 0. The highest BCUT2D eigenvalue weighted by Crippen LogP contribution is 1.88. The SMILES string of the molecule is Cc1cccnc1.[N]. The maximum absolute atomic E-state index is 3.88. The maximum atomic E-state index is 3.88. The van der Waals surface area contributed by atoms with Crippen LogP contribution in [0.2, 0.25) is 0 Å². The van der Waals surface area contributed by atoms with Crippen LogP contribution in [0.4, 0.5) is 0 Å². The van der Waals surface area contributed by atoms with Crippen LogP contribution in [0.25, 0.3) is 0 Å². The summed E-state index contributed by atoms with van der Waals surface area (Å²) in [5.74, 6) is 0. The summed E-state index contributed by atoms with van der Waals surface area (Å²) < 4.78 is 0. The van der Waals surface area contributed by atoms with Gasteiger partial charge in [-0.1, -0.05) is 6.07 Å². The molecule has 0 amide bonds. The van der Waals surface area contributed by atoms with Gasteiger partial charge in [-0.2, -0.15) is 0 Å². The third kappa shape index (κ3) is 1.71. The predicted molar refractivity (Wildman–Crippen MR) is 31.1 cm³/mol. The lowest BCUT2D eigenvalue weighted by atomic mass is 10.3. The number of aryl methyl sites for hydroxylation is 1. The van der Waals surface area contributed by atoms with E-state index < -0.39 is 0 Å². The summed E-state index contributed by atoms with van der Waals surface area (Å²) in [6.07, 6.45) is 3.60. The van der Waals surface area contributed by atoms with Gasteiger partial charge in [0.05, 0.1) is 0 Å². The molecule has 8 heavy (non-hydrogen) atoms. The molecule has 1 aromatic rings. The summed E-state index contributed by atoms with van der Waals surface area (Å²) >= 11 is 0. The quantitative estimate of drug-likeness (QED) is 0.486. The Bertz CT molecular complexity index is 136. The normalized spacial score (nSPS) is 7.62. The fraction of sp³-hybridized carbons (Fsp3) is 0.167. The lowest BCUT2D eigenvalue weighted by Crippen LogP contribution is -1.69. The molecule has 0 bridgehead atoms. The van der Waals surface area contributed by atoms with Crippen LogP contribution in [-0.2, 0) is 0 Å². The highest BCUT2D eigenvalue weighted by Gasteiger charge is 1.73. The van der Waals surface area contributed by atoms with Gasteiger partial charge in [0.1, 0.15) is 0 Å². The van der Waals surface area contributed by atoms with Crippen molar-refractivity contribution in [3.05, 3.63) is 30.1 Å². The van der Waals surface area contributed by atoms with Gasteiger partial charge in [0.15, 0.2) is 0 Å². The Morgan fingerprint density at radius 2 is 2.25 bits per heavy atom. The van der Waals surface area contributed by atoms with E-state index in [0.29, 0.717) is 0 Å². The second kappa shape index (κ2) is 3.16. The third-order valence-electron chi connectivity index (χ3n) is 0.809. The molecule has 2 nitrogen and oxygen atoms in total. The van der Waals surface area contributed by atoms with Gasteiger partial charge in [0.2, 0.25) is 0 Å². The molecular weight excluding hydrogens is 100 g/mol. The van der Waals surface area contributed by atoms with E-state index in [4.69, 9.17) is 0 Å². The van der Waals surface area contributed by atoms with Crippen LogP contribution in [0.1, 0.15) is 5.56 Å². The average Bonchev–Trinajstić information content (AvgIpc) is 1.69. The molecule has 1 aromatic heterocycles. The molecule has 1 heterocycles. The molecule has 0 aliphatic carbocycles. The Morgan fingerprint density at radius 1 is 1.50 bits per heavy atom. The lowest BCUT2D eigenvalue weighted by Gasteiger charge is -1.82. The Hall–Kier alpha value is -0.890. The Morgan fingerprint density at radius 3 is 2.50 bits per heavy atom. The molecule has 0 aromatic carbocycles. The Labute approximate surface area is 49.2 Å². The van der Waals surface area contributed by atoms with Crippen LogP contribution in [0.5, 0.6) is 0 Å². The molecule has 0 unspecified atom stereocenters. The van der Waals surface area contributed by atoms with Crippen molar-refractivity contribution in [1.29, 1.82) is 0 Å². The van der Waals surface area contributed by atoms with Crippen molar-refractivity contribution in [3.63, 3.8) is 0 Å². The number of rotatable bonds is 0. The van der Waals surface area contributed by atoms with Gasteiger partial charge < -0.3 is 0 Å². The zero-order valence-corrected chi connectivity index (χ0v) is 4.70.